The summed E-state index contributed by atoms with van der Waals surface area (Å²) in [4.78, 5) is 17.0. The summed E-state index contributed by atoms with van der Waals surface area (Å²) in [6, 6.07) is 19.3. The maximum Gasteiger partial charge on any atom is 0.263 e. The Morgan fingerprint density at radius 2 is 1.79 bits per heavy atom. The first kappa shape index (κ1) is 18.9. The molecule has 4 rings (SSSR count). The summed E-state index contributed by atoms with van der Waals surface area (Å²) in [6.45, 7) is 0.150. The van der Waals surface area contributed by atoms with Crippen LogP contribution in [-0.4, -0.2) is 26.7 Å². The van der Waals surface area contributed by atoms with E-state index in [1.54, 1.807) is 30.5 Å². The van der Waals surface area contributed by atoms with Gasteiger partial charge in [0.25, 0.3) is 10.0 Å². The molecule has 1 unspecified atom stereocenters. The Morgan fingerprint density at radius 3 is 2.55 bits per heavy atom. The smallest absolute Gasteiger partial charge is 0.263 e. The molecule has 7 nitrogen and oxygen atoms in total. The molecule has 148 valence electrons. The number of hydrogen-bond acceptors (Lipinski definition) is 5. The zero-order valence-electron chi connectivity index (χ0n) is 15.4. The lowest BCUT2D eigenvalue weighted by Gasteiger charge is -2.17. The number of furan rings is 1. The van der Waals surface area contributed by atoms with Gasteiger partial charge in [-0.05, 0) is 29.8 Å². The van der Waals surface area contributed by atoms with E-state index < -0.39 is 16.1 Å². The zero-order chi connectivity index (χ0) is 20.3. The Labute approximate surface area is 168 Å². The van der Waals surface area contributed by atoms with Gasteiger partial charge in [0.05, 0.1) is 17.7 Å². The largest absolute Gasteiger partial charge is 0.467 e. The molecule has 2 heterocycles. The fraction of sp³-hybridized carbons (Fsp3) is 0.143. The number of aliphatic imine (C=N–C) groups is 1. The molecule has 0 aliphatic carbocycles. The van der Waals surface area contributed by atoms with Crippen molar-refractivity contribution in [2.24, 2.45) is 4.99 Å². The Balaban J connectivity index is 1.44. The van der Waals surface area contributed by atoms with Gasteiger partial charge in [-0.25, -0.2) is 8.42 Å². The van der Waals surface area contributed by atoms with Crippen molar-refractivity contribution in [3.8, 4) is 0 Å². The Morgan fingerprint density at radius 1 is 1.03 bits per heavy atom. The van der Waals surface area contributed by atoms with Gasteiger partial charge in [0.1, 0.15) is 17.6 Å². The highest BCUT2D eigenvalue weighted by atomic mass is 32.2. The monoisotopic (exact) mass is 409 g/mol. The maximum atomic E-state index is 12.5. The molecule has 2 N–H and O–H groups in total. The van der Waals surface area contributed by atoms with Crippen LogP contribution < -0.4 is 10.0 Å². The maximum absolute atomic E-state index is 12.5. The molecule has 0 saturated carbocycles. The van der Waals surface area contributed by atoms with Crippen molar-refractivity contribution in [2.75, 3.05) is 6.54 Å². The fourth-order valence-electron chi connectivity index (χ4n) is 3.17. The average Bonchev–Trinajstić information content (AvgIpc) is 3.34. The number of fused-ring (bicyclic) bond motifs is 1. The molecule has 3 aromatic rings. The normalized spacial score (nSPS) is 16.8. The number of rotatable bonds is 6. The number of carbonyl (C=O) groups is 1. The highest BCUT2D eigenvalue weighted by Gasteiger charge is 2.30. The van der Waals surface area contributed by atoms with E-state index in [9.17, 15) is 13.2 Å². The zero-order valence-corrected chi connectivity index (χ0v) is 16.2. The molecule has 1 aliphatic heterocycles. The third-order valence-corrected chi connectivity index (χ3v) is 5.93. The van der Waals surface area contributed by atoms with Gasteiger partial charge in [-0.15, -0.1) is 0 Å². The van der Waals surface area contributed by atoms with Gasteiger partial charge in [-0.1, -0.05) is 42.5 Å². The van der Waals surface area contributed by atoms with Crippen molar-refractivity contribution in [1.82, 2.24) is 10.0 Å². The number of benzene rings is 2. The average molecular weight is 409 g/mol. The van der Waals surface area contributed by atoms with Crippen LogP contribution >= 0.6 is 0 Å². The number of nitrogens with zero attached hydrogens (tertiary/aromatic N) is 1. The molecular weight excluding hydrogens is 390 g/mol. The van der Waals surface area contributed by atoms with Crippen LogP contribution in [0, 0.1) is 0 Å². The topological polar surface area (TPSA) is 101 Å². The molecule has 0 bridgehead atoms. The van der Waals surface area contributed by atoms with Crippen LogP contribution in [0.1, 0.15) is 29.3 Å². The van der Waals surface area contributed by atoms with Crippen molar-refractivity contribution in [3.63, 3.8) is 0 Å². The number of sulfonamides is 1. The summed E-state index contributed by atoms with van der Waals surface area (Å²) >= 11 is 0. The van der Waals surface area contributed by atoms with Crippen LogP contribution in [0.15, 0.2) is 87.3 Å². The first-order valence-electron chi connectivity index (χ1n) is 9.09. The summed E-state index contributed by atoms with van der Waals surface area (Å²) in [5.74, 6) is 0.682. The summed E-state index contributed by atoms with van der Waals surface area (Å²) in [6.07, 6.45) is 1.67. The molecular formula is C21H19N3O4S. The lowest BCUT2D eigenvalue weighted by atomic mass is 10.0. The predicted octanol–water partition coefficient (Wildman–Crippen LogP) is 2.61. The van der Waals surface area contributed by atoms with Gasteiger partial charge in [0, 0.05) is 12.0 Å². The van der Waals surface area contributed by atoms with Crippen LogP contribution in [0.4, 0.5) is 0 Å². The number of hydrogen-bond donors (Lipinski definition) is 2. The van der Waals surface area contributed by atoms with Crippen molar-refractivity contribution >= 4 is 21.8 Å². The van der Waals surface area contributed by atoms with Crippen LogP contribution in [0.3, 0.4) is 0 Å². The van der Waals surface area contributed by atoms with E-state index >= 15 is 0 Å². The van der Waals surface area contributed by atoms with E-state index in [2.05, 4.69) is 15.0 Å². The lowest BCUT2D eigenvalue weighted by Crippen LogP contribution is -2.29. The van der Waals surface area contributed by atoms with Gasteiger partial charge in [0.2, 0.25) is 5.91 Å². The standard InChI is InChI=1S/C21H19N3O4S/c25-19(23-20(17-10-6-14-28-17)15-7-2-1-3-8-15)12-13-22-21-16-9-4-5-11-18(16)29(26,27)24-21/h1-11,14,20H,12-13H2,(H,22,24)(H,23,25). The van der Waals surface area contributed by atoms with Crippen molar-refractivity contribution in [1.29, 1.82) is 0 Å². The van der Waals surface area contributed by atoms with E-state index in [1.807, 2.05) is 36.4 Å². The number of amides is 1. The molecule has 29 heavy (non-hydrogen) atoms. The van der Waals surface area contributed by atoms with Crippen molar-refractivity contribution < 1.29 is 17.6 Å². The number of amidine groups is 1. The molecule has 1 aromatic heterocycles. The quantitative estimate of drug-likeness (QED) is 0.653. The highest BCUT2D eigenvalue weighted by Crippen LogP contribution is 2.23. The Hall–Kier alpha value is -3.39. The fourth-order valence-corrected chi connectivity index (χ4v) is 4.42. The minimum Gasteiger partial charge on any atom is -0.467 e. The molecule has 1 amide bonds. The van der Waals surface area contributed by atoms with Crippen LogP contribution in [0.2, 0.25) is 0 Å². The van der Waals surface area contributed by atoms with E-state index in [4.69, 9.17) is 4.42 Å². The Kier molecular flexibility index (Phi) is 5.18. The Bertz CT molecular complexity index is 1140. The first-order chi connectivity index (χ1) is 14.0. The highest BCUT2D eigenvalue weighted by molar-refractivity contribution is 7.90. The van der Waals surface area contributed by atoms with E-state index in [1.165, 1.54) is 6.07 Å². The number of nitrogens with one attached hydrogen (secondary N) is 2. The first-order valence-corrected chi connectivity index (χ1v) is 10.6. The molecule has 1 atom stereocenters. The van der Waals surface area contributed by atoms with Crippen LogP contribution in [0.5, 0.6) is 0 Å². The molecule has 0 saturated heterocycles. The number of carbonyl (C=O) groups excluding carboxylic acids is 1. The van der Waals surface area contributed by atoms with E-state index in [0.29, 0.717) is 11.3 Å². The summed E-state index contributed by atoms with van der Waals surface area (Å²) in [7, 11) is -3.58. The van der Waals surface area contributed by atoms with Gasteiger partial charge in [-0.3, -0.25) is 14.5 Å². The molecule has 0 radical (unpaired) electrons. The SMILES string of the molecule is O=C(CCN=C1NS(=O)(=O)c2ccccc21)NC(c1ccccc1)c1ccco1. The minimum atomic E-state index is -3.58. The van der Waals surface area contributed by atoms with E-state index in [0.717, 1.165) is 5.56 Å². The molecule has 1 aliphatic rings. The molecule has 0 fully saturated rings. The second-order valence-electron chi connectivity index (χ2n) is 6.51. The minimum absolute atomic E-state index is 0.109. The van der Waals surface area contributed by atoms with Crippen LogP contribution in [0.25, 0.3) is 0 Å². The summed E-state index contributed by atoms with van der Waals surface area (Å²) < 4.78 is 32.1. The van der Waals surface area contributed by atoms with Gasteiger partial charge < -0.3 is 9.73 Å². The molecule has 8 heteroatoms. The predicted molar refractivity (Wildman–Crippen MR) is 108 cm³/mol. The van der Waals surface area contributed by atoms with Crippen LogP contribution in [-0.2, 0) is 14.8 Å². The molecule has 2 aromatic carbocycles. The summed E-state index contributed by atoms with van der Waals surface area (Å²) in [5.41, 5.74) is 1.42. The van der Waals surface area contributed by atoms with Gasteiger partial charge in [-0.2, -0.15) is 0 Å². The van der Waals surface area contributed by atoms with Gasteiger partial charge in [0.15, 0.2) is 0 Å². The van der Waals surface area contributed by atoms with E-state index in [-0.39, 0.29) is 29.6 Å². The molecule has 0 spiro atoms. The third-order valence-electron chi connectivity index (χ3n) is 4.54. The lowest BCUT2D eigenvalue weighted by molar-refractivity contribution is -0.121. The van der Waals surface area contributed by atoms with Crippen molar-refractivity contribution in [3.05, 3.63) is 89.9 Å². The van der Waals surface area contributed by atoms with Crippen molar-refractivity contribution in [2.45, 2.75) is 17.4 Å². The third kappa shape index (κ3) is 4.07. The second kappa shape index (κ2) is 7.92. The second-order valence-corrected chi connectivity index (χ2v) is 8.16. The summed E-state index contributed by atoms with van der Waals surface area (Å²) in [5, 5.41) is 2.96. The van der Waals surface area contributed by atoms with Gasteiger partial charge >= 0.3 is 0 Å².